The van der Waals surface area contributed by atoms with Gasteiger partial charge in [0.15, 0.2) is 0 Å². The first kappa shape index (κ1) is 9.20. The number of hydrogen-bond acceptors (Lipinski definition) is 2. The number of nitrogens with zero attached hydrogens (tertiary/aromatic N) is 1. The molecule has 2 fully saturated rings. The Morgan fingerprint density at radius 3 is 2.69 bits per heavy atom. The van der Waals surface area contributed by atoms with Gasteiger partial charge in [-0.05, 0) is 39.3 Å². The molecule has 13 heavy (non-hydrogen) atoms. The molecule has 0 amide bonds. The molecule has 1 heterocycles. The molecule has 2 rings (SSSR count). The molecule has 74 valence electrons. The lowest BCUT2D eigenvalue weighted by atomic mass is 9.82. The van der Waals surface area contributed by atoms with Gasteiger partial charge in [-0.25, -0.2) is 0 Å². The first-order chi connectivity index (χ1) is 6.29. The van der Waals surface area contributed by atoms with Crippen LogP contribution in [0.1, 0.15) is 38.5 Å². The molecule has 0 aromatic heterocycles. The molecule has 0 aromatic rings. The van der Waals surface area contributed by atoms with E-state index >= 15 is 0 Å². The molecular formula is C11H19NO. The molecule has 1 saturated heterocycles. The number of rotatable bonds is 1. The molecule has 2 aliphatic rings. The van der Waals surface area contributed by atoms with E-state index < -0.39 is 0 Å². The molecule has 2 nitrogen and oxygen atoms in total. The quantitative estimate of drug-likeness (QED) is 0.615. The van der Waals surface area contributed by atoms with Crippen molar-refractivity contribution in [1.29, 1.82) is 0 Å². The molecule has 0 bridgehead atoms. The van der Waals surface area contributed by atoms with Crippen LogP contribution in [0, 0.1) is 5.92 Å². The summed E-state index contributed by atoms with van der Waals surface area (Å²) in [5.74, 6) is 0.909. The zero-order valence-corrected chi connectivity index (χ0v) is 8.46. The zero-order chi connectivity index (χ0) is 9.26. The smallest absolute Gasteiger partial charge is 0.137 e. The lowest BCUT2D eigenvalue weighted by Gasteiger charge is -2.30. The molecule has 1 aliphatic carbocycles. The molecule has 1 saturated carbocycles. The molecule has 0 spiro atoms. The molecule has 1 aliphatic heterocycles. The van der Waals surface area contributed by atoms with Crippen molar-refractivity contribution in [2.45, 2.75) is 44.6 Å². The summed E-state index contributed by atoms with van der Waals surface area (Å²) >= 11 is 0. The summed E-state index contributed by atoms with van der Waals surface area (Å²) in [6.07, 6.45) is 6.91. The summed E-state index contributed by atoms with van der Waals surface area (Å²) in [4.78, 5) is 14.1. The van der Waals surface area contributed by atoms with Crippen LogP contribution in [0.15, 0.2) is 0 Å². The number of ketones is 1. The highest BCUT2D eigenvalue weighted by molar-refractivity contribution is 5.82. The second-order valence-electron chi connectivity index (χ2n) is 4.51. The Morgan fingerprint density at radius 1 is 1.23 bits per heavy atom. The fourth-order valence-corrected chi connectivity index (χ4v) is 2.86. The van der Waals surface area contributed by atoms with Crippen LogP contribution in [0.4, 0.5) is 0 Å². The Bertz CT molecular complexity index is 202. The van der Waals surface area contributed by atoms with E-state index in [1.807, 2.05) is 0 Å². The minimum atomic E-state index is 0.376. The van der Waals surface area contributed by atoms with E-state index in [1.165, 1.54) is 25.8 Å². The number of carbonyl (C=O) groups is 1. The fourth-order valence-electron chi connectivity index (χ4n) is 2.86. The van der Waals surface area contributed by atoms with E-state index in [2.05, 4.69) is 11.9 Å². The van der Waals surface area contributed by atoms with Gasteiger partial charge in [0.05, 0.1) is 0 Å². The normalized spacial score (nSPS) is 36.8. The van der Waals surface area contributed by atoms with Gasteiger partial charge in [-0.3, -0.25) is 4.79 Å². The van der Waals surface area contributed by atoms with Crippen molar-refractivity contribution >= 4 is 5.78 Å². The van der Waals surface area contributed by atoms with Gasteiger partial charge in [0.1, 0.15) is 5.78 Å². The van der Waals surface area contributed by atoms with Crippen LogP contribution in [-0.2, 0) is 4.79 Å². The maximum absolute atomic E-state index is 11.7. The topological polar surface area (TPSA) is 20.3 Å². The number of hydrogen-bond donors (Lipinski definition) is 0. The van der Waals surface area contributed by atoms with E-state index in [9.17, 15) is 4.79 Å². The summed E-state index contributed by atoms with van der Waals surface area (Å²) in [6, 6.07) is 0.577. The monoisotopic (exact) mass is 181 g/mol. The predicted molar refractivity (Wildman–Crippen MR) is 52.6 cm³/mol. The Balaban J connectivity index is 2.01. The van der Waals surface area contributed by atoms with Crippen LogP contribution in [-0.4, -0.2) is 30.3 Å². The highest BCUT2D eigenvalue weighted by atomic mass is 16.1. The molecule has 0 radical (unpaired) electrons. The molecule has 0 unspecified atom stereocenters. The van der Waals surface area contributed by atoms with Gasteiger partial charge in [-0.1, -0.05) is 6.42 Å². The molecule has 0 aromatic carbocycles. The van der Waals surface area contributed by atoms with Crippen LogP contribution >= 0.6 is 0 Å². The van der Waals surface area contributed by atoms with Crippen molar-refractivity contribution in [1.82, 2.24) is 4.90 Å². The van der Waals surface area contributed by atoms with Gasteiger partial charge in [0.2, 0.25) is 0 Å². The van der Waals surface area contributed by atoms with Crippen molar-refractivity contribution < 1.29 is 4.79 Å². The third-order valence-electron chi connectivity index (χ3n) is 3.64. The highest BCUT2D eigenvalue weighted by Crippen LogP contribution is 2.31. The van der Waals surface area contributed by atoms with Crippen molar-refractivity contribution in [2.75, 3.05) is 13.6 Å². The van der Waals surface area contributed by atoms with E-state index in [0.717, 1.165) is 19.3 Å². The lowest BCUT2D eigenvalue weighted by molar-refractivity contribution is -0.126. The number of carbonyl (C=O) groups excluding carboxylic acids is 1. The van der Waals surface area contributed by atoms with Crippen LogP contribution in [0.3, 0.4) is 0 Å². The van der Waals surface area contributed by atoms with Gasteiger partial charge < -0.3 is 4.90 Å². The van der Waals surface area contributed by atoms with Gasteiger partial charge in [0, 0.05) is 18.4 Å². The third kappa shape index (κ3) is 1.78. The molecule has 2 atom stereocenters. The van der Waals surface area contributed by atoms with Crippen LogP contribution in [0.5, 0.6) is 0 Å². The Labute approximate surface area is 80.3 Å². The third-order valence-corrected chi connectivity index (χ3v) is 3.64. The van der Waals surface area contributed by atoms with Gasteiger partial charge in [-0.15, -0.1) is 0 Å². The second kappa shape index (κ2) is 3.79. The summed E-state index contributed by atoms with van der Waals surface area (Å²) in [7, 11) is 2.17. The SMILES string of the molecule is CN1CCC[C@@H]1[C@H]1CCCCC1=O. The van der Waals surface area contributed by atoms with Crippen molar-refractivity contribution in [3.8, 4) is 0 Å². The fraction of sp³-hybridized carbons (Fsp3) is 0.909. The molecule has 0 N–H and O–H groups in total. The zero-order valence-electron chi connectivity index (χ0n) is 8.46. The largest absolute Gasteiger partial charge is 0.303 e. The minimum absolute atomic E-state index is 0.376. The average Bonchev–Trinajstić information content (AvgIpc) is 2.52. The van der Waals surface area contributed by atoms with Crippen molar-refractivity contribution in [3.63, 3.8) is 0 Å². The molecule has 2 heteroatoms. The Kier molecular flexibility index (Phi) is 2.68. The number of Topliss-reactive ketones (excluding diaryl/α,β-unsaturated/α-hetero) is 1. The van der Waals surface area contributed by atoms with E-state index in [0.29, 0.717) is 17.7 Å². The van der Waals surface area contributed by atoms with Crippen LogP contribution in [0.25, 0.3) is 0 Å². The summed E-state index contributed by atoms with van der Waals surface area (Å²) < 4.78 is 0. The second-order valence-corrected chi connectivity index (χ2v) is 4.51. The first-order valence-corrected chi connectivity index (χ1v) is 5.52. The van der Waals surface area contributed by atoms with Crippen molar-refractivity contribution in [3.05, 3.63) is 0 Å². The summed E-state index contributed by atoms with van der Waals surface area (Å²) in [5.41, 5.74) is 0. The Hall–Kier alpha value is -0.370. The number of likely N-dealkylation sites (tertiary alicyclic amines) is 1. The maximum atomic E-state index is 11.7. The van der Waals surface area contributed by atoms with Crippen LogP contribution in [0.2, 0.25) is 0 Å². The molecular weight excluding hydrogens is 162 g/mol. The van der Waals surface area contributed by atoms with Gasteiger partial charge in [0.25, 0.3) is 0 Å². The van der Waals surface area contributed by atoms with Crippen molar-refractivity contribution in [2.24, 2.45) is 5.92 Å². The summed E-state index contributed by atoms with van der Waals surface area (Å²) in [5, 5.41) is 0. The average molecular weight is 181 g/mol. The first-order valence-electron chi connectivity index (χ1n) is 5.52. The highest BCUT2D eigenvalue weighted by Gasteiger charge is 2.34. The van der Waals surface area contributed by atoms with Crippen LogP contribution < -0.4 is 0 Å². The Morgan fingerprint density at radius 2 is 2.08 bits per heavy atom. The van der Waals surface area contributed by atoms with Gasteiger partial charge >= 0.3 is 0 Å². The summed E-state index contributed by atoms with van der Waals surface area (Å²) in [6.45, 7) is 1.19. The minimum Gasteiger partial charge on any atom is -0.303 e. The maximum Gasteiger partial charge on any atom is 0.137 e. The van der Waals surface area contributed by atoms with Gasteiger partial charge in [-0.2, -0.15) is 0 Å². The van der Waals surface area contributed by atoms with E-state index in [1.54, 1.807) is 0 Å². The van der Waals surface area contributed by atoms with E-state index in [4.69, 9.17) is 0 Å². The van der Waals surface area contributed by atoms with E-state index in [-0.39, 0.29) is 0 Å². The predicted octanol–water partition coefficient (Wildman–Crippen LogP) is 1.84. The lowest BCUT2D eigenvalue weighted by Crippen LogP contribution is -2.38. The standard InChI is InChI=1S/C11H19NO/c1-12-8-4-6-10(12)9-5-2-3-7-11(9)13/h9-10H,2-8H2,1H3/t9-,10-/m1/s1.